The normalized spacial score (nSPS) is 11.6. The Kier molecular flexibility index (Phi) is 9.29. The van der Waals surface area contributed by atoms with Crippen LogP contribution in [0, 0.1) is 0 Å². The van der Waals surface area contributed by atoms with Gasteiger partial charge in [0.05, 0.1) is 25.6 Å². The fourth-order valence-corrected chi connectivity index (χ4v) is 11.7. The van der Waals surface area contributed by atoms with E-state index in [4.69, 9.17) is 9.47 Å². The van der Waals surface area contributed by atoms with Crippen LogP contribution in [-0.2, 0) is 0 Å². The monoisotopic (exact) mass is 860 g/mol. The van der Waals surface area contributed by atoms with Gasteiger partial charge in [-0.1, -0.05) is 109 Å². The van der Waals surface area contributed by atoms with Gasteiger partial charge in [0.2, 0.25) is 0 Å². The molecule has 0 N–H and O–H groups in total. The van der Waals surface area contributed by atoms with Gasteiger partial charge in [-0.25, -0.2) is 0 Å². The van der Waals surface area contributed by atoms with Crippen molar-refractivity contribution in [1.82, 2.24) is 0 Å². The maximum absolute atomic E-state index is 5.59. The van der Waals surface area contributed by atoms with Crippen molar-refractivity contribution in [3.63, 3.8) is 0 Å². The third-order valence-corrected chi connectivity index (χ3v) is 14.7. The Balaban J connectivity index is 1.11. The number of thiophene rings is 2. The smallest absolute Gasteiger partial charge is 0.119 e. The molecule has 0 saturated carbocycles. The average Bonchev–Trinajstić information content (AvgIpc) is 3.93. The fourth-order valence-electron chi connectivity index (χ4n) is 9.43. The Bertz CT molecular complexity index is 3640. The summed E-state index contributed by atoms with van der Waals surface area (Å²) < 4.78 is 16.2. The highest BCUT2D eigenvalue weighted by Crippen LogP contribution is 2.51. The molecule has 0 aliphatic rings. The van der Waals surface area contributed by atoms with Crippen LogP contribution in [-0.4, -0.2) is 14.2 Å². The molecule has 0 aliphatic heterocycles. The Hall–Kier alpha value is -7.64. The summed E-state index contributed by atoms with van der Waals surface area (Å²) in [5.41, 5.74) is 8.93. The molecule has 12 aromatic rings. The molecule has 64 heavy (non-hydrogen) atoms. The van der Waals surface area contributed by atoms with Crippen molar-refractivity contribution >= 4 is 119 Å². The summed E-state index contributed by atoms with van der Waals surface area (Å²) in [6.45, 7) is 0. The highest BCUT2D eigenvalue weighted by molar-refractivity contribution is 7.26. The number of rotatable bonds is 9. The molecule has 2 heterocycles. The molecule has 0 bridgehead atoms. The number of methoxy groups -OCH3 is 2. The molecule has 4 nitrogen and oxygen atoms in total. The van der Waals surface area contributed by atoms with Crippen LogP contribution < -0.4 is 19.3 Å². The van der Waals surface area contributed by atoms with Crippen LogP contribution in [0.5, 0.6) is 11.5 Å². The Morgan fingerprint density at radius 2 is 0.719 bits per heavy atom. The first kappa shape index (κ1) is 38.1. The van der Waals surface area contributed by atoms with E-state index in [0.29, 0.717) is 0 Å². The van der Waals surface area contributed by atoms with E-state index in [1.165, 1.54) is 73.0 Å². The van der Waals surface area contributed by atoms with Crippen molar-refractivity contribution in [3.8, 4) is 22.6 Å². The number of nitrogens with zero attached hydrogens (tertiary/aromatic N) is 2. The molecule has 0 unspecified atom stereocenters. The summed E-state index contributed by atoms with van der Waals surface area (Å²) in [6, 6.07) is 74.7. The third kappa shape index (κ3) is 6.33. The number of fused-ring (bicyclic) bond motifs is 10. The maximum atomic E-state index is 5.59. The molecule has 0 amide bonds. The topological polar surface area (TPSA) is 24.9 Å². The molecular formula is C58H40N2O2S2. The molecule has 0 fully saturated rings. The van der Waals surface area contributed by atoms with Crippen molar-refractivity contribution in [2.24, 2.45) is 0 Å². The van der Waals surface area contributed by atoms with E-state index in [0.717, 1.165) is 45.6 Å². The summed E-state index contributed by atoms with van der Waals surface area (Å²) in [5.74, 6) is 1.63. The van der Waals surface area contributed by atoms with Gasteiger partial charge >= 0.3 is 0 Å². The standard InChI is InChI=1S/C58H40N2O2S2/c1-61-43-29-24-40(25-30-43)59(41-26-31-44(62-2)32-27-41)51-35-55-57(48-17-8-6-14-45(48)51)58-49-18-9-7-15-46(49)52(36-56(58)64-55)60(39-22-20-38(21-23-39)37-12-4-3-5-13-37)42-28-33-54-50(34-42)47-16-10-11-19-53(47)63-54/h3-36H,1-2H3. The summed E-state index contributed by atoms with van der Waals surface area (Å²) >= 11 is 3.71. The van der Waals surface area contributed by atoms with Gasteiger partial charge in [0.15, 0.2) is 0 Å². The molecule has 2 aromatic heterocycles. The van der Waals surface area contributed by atoms with Crippen molar-refractivity contribution in [3.05, 3.63) is 206 Å². The van der Waals surface area contributed by atoms with Crippen LogP contribution in [0.1, 0.15) is 0 Å². The van der Waals surface area contributed by atoms with Crippen LogP contribution in [0.4, 0.5) is 34.1 Å². The van der Waals surface area contributed by atoms with E-state index in [2.05, 4.69) is 192 Å². The van der Waals surface area contributed by atoms with Crippen LogP contribution in [0.15, 0.2) is 206 Å². The van der Waals surface area contributed by atoms with Crippen LogP contribution in [0.2, 0.25) is 0 Å². The molecule has 0 radical (unpaired) electrons. The van der Waals surface area contributed by atoms with E-state index in [1.54, 1.807) is 14.2 Å². The molecule has 6 heteroatoms. The van der Waals surface area contributed by atoms with E-state index >= 15 is 0 Å². The second-order valence-corrected chi connectivity index (χ2v) is 18.2. The zero-order valence-corrected chi connectivity index (χ0v) is 36.8. The molecule has 12 rings (SSSR count). The van der Waals surface area contributed by atoms with Gasteiger partial charge < -0.3 is 19.3 Å². The second-order valence-electron chi connectivity index (χ2n) is 16.0. The zero-order chi connectivity index (χ0) is 42.7. The van der Waals surface area contributed by atoms with E-state index in [9.17, 15) is 0 Å². The number of benzene rings is 10. The Labute approximate surface area is 379 Å². The van der Waals surface area contributed by atoms with Gasteiger partial charge in [0.1, 0.15) is 11.5 Å². The van der Waals surface area contributed by atoms with Crippen LogP contribution in [0.3, 0.4) is 0 Å². The molecular weight excluding hydrogens is 821 g/mol. The van der Waals surface area contributed by atoms with Crippen molar-refractivity contribution in [1.29, 1.82) is 0 Å². The first-order valence-electron chi connectivity index (χ1n) is 21.4. The zero-order valence-electron chi connectivity index (χ0n) is 35.2. The molecule has 306 valence electrons. The summed E-state index contributed by atoms with van der Waals surface area (Å²) in [4.78, 5) is 4.81. The first-order valence-corrected chi connectivity index (χ1v) is 23.0. The lowest BCUT2D eigenvalue weighted by molar-refractivity contribution is 0.415. The minimum atomic E-state index is 0.815. The van der Waals surface area contributed by atoms with Gasteiger partial charge in [-0.15, -0.1) is 22.7 Å². The van der Waals surface area contributed by atoms with E-state index in [1.807, 2.05) is 46.9 Å². The Morgan fingerprint density at radius 1 is 0.312 bits per heavy atom. The first-order chi connectivity index (χ1) is 31.6. The van der Waals surface area contributed by atoms with E-state index < -0.39 is 0 Å². The van der Waals surface area contributed by atoms with Gasteiger partial charge in [0.25, 0.3) is 0 Å². The van der Waals surface area contributed by atoms with E-state index in [-0.39, 0.29) is 0 Å². The van der Waals surface area contributed by atoms with Crippen molar-refractivity contribution in [2.45, 2.75) is 0 Å². The summed E-state index contributed by atoms with van der Waals surface area (Å²) in [6.07, 6.45) is 0. The Morgan fingerprint density at radius 3 is 1.27 bits per heavy atom. The quantitative estimate of drug-likeness (QED) is 0.144. The molecule has 0 spiro atoms. The largest absolute Gasteiger partial charge is 0.497 e. The van der Waals surface area contributed by atoms with Crippen LogP contribution >= 0.6 is 22.7 Å². The second kappa shape index (κ2) is 15.6. The number of anilines is 6. The minimum Gasteiger partial charge on any atom is -0.497 e. The van der Waals surface area contributed by atoms with Gasteiger partial charge in [-0.3, -0.25) is 0 Å². The number of hydrogen-bond acceptors (Lipinski definition) is 6. The summed E-state index contributed by atoms with van der Waals surface area (Å²) in [7, 11) is 3.41. The highest BCUT2D eigenvalue weighted by Gasteiger charge is 2.24. The van der Waals surface area contributed by atoms with Gasteiger partial charge in [-0.05, 0) is 119 Å². The maximum Gasteiger partial charge on any atom is 0.119 e. The lowest BCUT2D eigenvalue weighted by Gasteiger charge is -2.28. The van der Waals surface area contributed by atoms with Crippen molar-refractivity contribution in [2.75, 3.05) is 24.0 Å². The third-order valence-electron chi connectivity index (χ3n) is 12.4. The van der Waals surface area contributed by atoms with Gasteiger partial charge in [-0.2, -0.15) is 0 Å². The molecule has 0 aliphatic carbocycles. The molecule has 10 aromatic carbocycles. The predicted molar refractivity (Wildman–Crippen MR) is 275 cm³/mol. The number of hydrogen-bond donors (Lipinski definition) is 0. The van der Waals surface area contributed by atoms with Crippen LogP contribution in [0.25, 0.3) is 73.0 Å². The average molecular weight is 861 g/mol. The summed E-state index contributed by atoms with van der Waals surface area (Å²) in [5, 5.41) is 9.93. The molecule has 0 saturated heterocycles. The van der Waals surface area contributed by atoms with Crippen molar-refractivity contribution < 1.29 is 9.47 Å². The fraction of sp³-hybridized carbons (Fsp3) is 0.0345. The lowest BCUT2D eigenvalue weighted by Crippen LogP contribution is -2.10. The highest BCUT2D eigenvalue weighted by atomic mass is 32.1. The SMILES string of the molecule is COc1ccc(N(c2ccc(OC)cc2)c2cc3sc4cc(N(c5ccc(-c6ccccc6)cc5)c5ccc6sc7ccccc7c6c5)c5ccccc5c4c3c3ccccc23)cc1. The van der Waals surface area contributed by atoms with Gasteiger partial charge in [0, 0.05) is 73.9 Å². The minimum absolute atomic E-state index is 0.815. The number of ether oxygens (including phenoxy) is 2. The molecule has 0 atom stereocenters. The lowest BCUT2D eigenvalue weighted by atomic mass is 9.96. The predicted octanol–water partition coefficient (Wildman–Crippen LogP) is 17.4.